The first-order valence-corrected chi connectivity index (χ1v) is 8.97. The normalized spacial score (nSPS) is 16.4. The van der Waals surface area contributed by atoms with Gasteiger partial charge in [0.25, 0.3) is 0 Å². The third-order valence-corrected chi connectivity index (χ3v) is 5.16. The quantitative estimate of drug-likeness (QED) is 0.848. The maximum Gasteiger partial charge on any atom is 0.336 e. The van der Waals surface area contributed by atoms with E-state index in [0.29, 0.717) is 17.9 Å². The third kappa shape index (κ3) is 4.28. The largest absolute Gasteiger partial charge is 0.422 e. The van der Waals surface area contributed by atoms with Gasteiger partial charge in [-0.15, -0.1) is 0 Å². The predicted octanol–water partition coefficient (Wildman–Crippen LogP) is 2.89. The molecule has 2 aromatic rings. The summed E-state index contributed by atoms with van der Waals surface area (Å²) in [5.74, 6) is 0.362. The highest BCUT2D eigenvalue weighted by molar-refractivity contribution is 5.83. The second-order valence-electron chi connectivity index (χ2n) is 7.27. The number of hydrogen-bond donors (Lipinski definition) is 1. The lowest BCUT2D eigenvalue weighted by Crippen LogP contribution is -2.33. The van der Waals surface area contributed by atoms with Crippen LogP contribution < -0.4 is 11.4 Å². The van der Waals surface area contributed by atoms with Gasteiger partial charge in [-0.1, -0.05) is 6.07 Å². The van der Waals surface area contributed by atoms with Crippen LogP contribution in [0.25, 0.3) is 11.0 Å². The zero-order chi connectivity index (χ0) is 18.0. The summed E-state index contributed by atoms with van der Waals surface area (Å²) in [7, 11) is 0. The lowest BCUT2D eigenvalue weighted by molar-refractivity contribution is -0.118. The summed E-state index contributed by atoms with van der Waals surface area (Å²) in [6.45, 7) is 6.76. The van der Waals surface area contributed by atoms with Crippen LogP contribution in [0.5, 0.6) is 0 Å². The number of primary amides is 1. The number of amides is 1. The average molecular weight is 342 g/mol. The van der Waals surface area contributed by atoms with Crippen LogP contribution in [0.1, 0.15) is 42.4 Å². The van der Waals surface area contributed by atoms with Crippen molar-refractivity contribution in [3.05, 3.63) is 45.3 Å². The van der Waals surface area contributed by atoms with Crippen LogP contribution in [0.2, 0.25) is 0 Å². The van der Waals surface area contributed by atoms with Crippen LogP contribution in [0.15, 0.2) is 27.4 Å². The highest BCUT2D eigenvalue weighted by Gasteiger charge is 2.20. The molecule has 0 aliphatic carbocycles. The van der Waals surface area contributed by atoms with Crippen molar-refractivity contribution in [3.63, 3.8) is 0 Å². The lowest BCUT2D eigenvalue weighted by Gasteiger charge is -2.32. The summed E-state index contributed by atoms with van der Waals surface area (Å²) in [5.41, 5.74) is 8.86. The van der Waals surface area contributed by atoms with Crippen molar-refractivity contribution in [1.29, 1.82) is 0 Å². The van der Waals surface area contributed by atoms with E-state index in [2.05, 4.69) is 17.9 Å². The Morgan fingerprint density at radius 1 is 1.24 bits per heavy atom. The molecule has 134 valence electrons. The van der Waals surface area contributed by atoms with Gasteiger partial charge in [0, 0.05) is 24.4 Å². The predicted molar refractivity (Wildman–Crippen MR) is 98.4 cm³/mol. The molecule has 0 unspecified atom stereocenters. The van der Waals surface area contributed by atoms with Gasteiger partial charge >= 0.3 is 5.63 Å². The van der Waals surface area contributed by atoms with Crippen LogP contribution in [0, 0.1) is 19.8 Å². The molecule has 0 radical (unpaired) electrons. The summed E-state index contributed by atoms with van der Waals surface area (Å²) >= 11 is 0. The molecule has 1 aromatic carbocycles. The zero-order valence-corrected chi connectivity index (χ0v) is 15.0. The maximum absolute atomic E-state index is 12.0. The van der Waals surface area contributed by atoms with Gasteiger partial charge in [0.05, 0.1) is 0 Å². The molecule has 1 aliphatic rings. The fraction of sp³-hybridized carbons (Fsp3) is 0.500. The number of nitrogens with zero attached hydrogens (tertiary/aromatic N) is 1. The highest BCUT2D eigenvalue weighted by atomic mass is 16.4. The Kier molecular flexibility index (Phi) is 5.23. The Bertz CT molecular complexity index is 833. The molecule has 5 heteroatoms. The smallest absolute Gasteiger partial charge is 0.336 e. The van der Waals surface area contributed by atoms with E-state index in [1.807, 2.05) is 13.0 Å². The first-order chi connectivity index (χ1) is 11.9. The summed E-state index contributed by atoms with van der Waals surface area (Å²) in [6.07, 6.45) is 3.52. The summed E-state index contributed by atoms with van der Waals surface area (Å²) in [6, 6.07) is 5.76. The molecule has 5 nitrogen and oxygen atoms in total. The van der Waals surface area contributed by atoms with E-state index in [1.54, 1.807) is 6.07 Å². The second kappa shape index (κ2) is 7.40. The molecule has 25 heavy (non-hydrogen) atoms. The fourth-order valence-corrected chi connectivity index (χ4v) is 3.83. The van der Waals surface area contributed by atoms with Crippen molar-refractivity contribution in [3.8, 4) is 0 Å². The van der Waals surface area contributed by atoms with Gasteiger partial charge < -0.3 is 10.2 Å². The summed E-state index contributed by atoms with van der Waals surface area (Å²) in [5, 5.41) is 1.04. The van der Waals surface area contributed by atoms with Gasteiger partial charge in [0.2, 0.25) is 5.91 Å². The van der Waals surface area contributed by atoms with Crippen molar-refractivity contribution >= 4 is 16.9 Å². The van der Waals surface area contributed by atoms with E-state index in [9.17, 15) is 9.59 Å². The number of hydrogen-bond acceptors (Lipinski definition) is 4. The molecule has 0 spiro atoms. The Morgan fingerprint density at radius 3 is 2.64 bits per heavy atom. The Hall–Kier alpha value is -2.14. The molecule has 1 saturated heterocycles. The molecular formula is C20H26N2O3. The van der Waals surface area contributed by atoms with E-state index in [0.717, 1.165) is 55.4 Å². The van der Waals surface area contributed by atoms with E-state index < -0.39 is 0 Å². The van der Waals surface area contributed by atoms with Gasteiger partial charge in [0.1, 0.15) is 5.58 Å². The molecule has 0 saturated carbocycles. The van der Waals surface area contributed by atoms with E-state index in [4.69, 9.17) is 10.2 Å². The van der Waals surface area contributed by atoms with E-state index in [-0.39, 0.29) is 11.5 Å². The Labute approximate surface area is 147 Å². The minimum atomic E-state index is -0.286. The minimum Gasteiger partial charge on any atom is -0.422 e. The number of fused-ring (bicyclic) bond motifs is 1. The first kappa shape index (κ1) is 17.7. The van der Waals surface area contributed by atoms with Gasteiger partial charge in [-0.05, 0) is 74.9 Å². The lowest BCUT2D eigenvalue weighted by atomic mass is 9.91. The third-order valence-electron chi connectivity index (χ3n) is 5.16. The number of likely N-dealkylation sites (tertiary alicyclic amines) is 1. The zero-order valence-electron chi connectivity index (χ0n) is 15.0. The van der Waals surface area contributed by atoms with E-state index in [1.165, 1.54) is 5.56 Å². The summed E-state index contributed by atoms with van der Waals surface area (Å²) in [4.78, 5) is 25.3. The SMILES string of the molecule is Cc1cc(C)c2oc(=O)cc(CN3CCC(CCC(N)=O)CC3)c2c1. The molecular weight excluding hydrogens is 316 g/mol. The van der Waals surface area contributed by atoms with Gasteiger partial charge in [0.15, 0.2) is 0 Å². The van der Waals surface area contributed by atoms with Crippen molar-refractivity contribution in [1.82, 2.24) is 4.90 Å². The number of piperidine rings is 1. The van der Waals surface area contributed by atoms with Gasteiger partial charge in [-0.2, -0.15) is 0 Å². The highest BCUT2D eigenvalue weighted by Crippen LogP contribution is 2.26. The molecule has 3 rings (SSSR count). The Balaban J connectivity index is 1.74. The number of aryl methyl sites for hydroxylation is 2. The molecule has 0 bridgehead atoms. The fourth-order valence-electron chi connectivity index (χ4n) is 3.83. The standard InChI is InChI=1S/C20H26N2O3/c1-13-9-14(2)20-17(10-13)16(11-19(24)25-20)12-22-7-5-15(6-8-22)3-4-18(21)23/h9-11,15H,3-8,12H2,1-2H3,(H2,21,23). The average Bonchev–Trinajstić information content (AvgIpc) is 2.55. The van der Waals surface area contributed by atoms with Crippen LogP contribution in [-0.4, -0.2) is 23.9 Å². The number of rotatable bonds is 5. The van der Waals surface area contributed by atoms with Gasteiger partial charge in [-0.25, -0.2) is 4.79 Å². The first-order valence-electron chi connectivity index (χ1n) is 8.97. The number of carbonyl (C=O) groups is 1. The monoisotopic (exact) mass is 342 g/mol. The molecule has 1 aliphatic heterocycles. The minimum absolute atomic E-state index is 0.212. The van der Waals surface area contributed by atoms with Crippen LogP contribution in [0.3, 0.4) is 0 Å². The molecule has 1 aromatic heterocycles. The number of nitrogens with two attached hydrogens (primary N) is 1. The van der Waals surface area contributed by atoms with Crippen LogP contribution in [0.4, 0.5) is 0 Å². The van der Waals surface area contributed by atoms with Gasteiger partial charge in [-0.3, -0.25) is 9.69 Å². The maximum atomic E-state index is 12.0. The molecule has 2 N–H and O–H groups in total. The molecule has 1 fully saturated rings. The number of carbonyl (C=O) groups excluding carboxylic acids is 1. The van der Waals surface area contributed by atoms with Crippen molar-refractivity contribution in [2.45, 2.75) is 46.1 Å². The molecule has 1 amide bonds. The Morgan fingerprint density at radius 2 is 1.96 bits per heavy atom. The van der Waals surface area contributed by atoms with Crippen molar-refractivity contribution in [2.24, 2.45) is 11.7 Å². The summed E-state index contributed by atoms with van der Waals surface area (Å²) < 4.78 is 5.43. The van der Waals surface area contributed by atoms with Crippen LogP contribution >= 0.6 is 0 Å². The van der Waals surface area contributed by atoms with E-state index >= 15 is 0 Å². The topological polar surface area (TPSA) is 76.5 Å². The molecule has 2 heterocycles. The molecule has 0 atom stereocenters. The second-order valence-corrected chi connectivity index (χ2v) is 7.27. The van der Waals surface area contributed by atoms with Crippen molar-refractivity contribution in [2.75, 3.05) is 13.1 Å². The van der Waals surface area contributed by atoms with Crippen molar-refractivity contribution < 1.29 is 9.21 Å². The van der Waals surface area contributed by atoms with Crippen LogP contribution in [-0.2, 0) is 11.3 Å². The number of benzene rings is 1.